The Kier molecular flexibility index (Phi) is 4.68. The summed E-state index contributed by atoms with van der Waals surface area (Å²) in [6, 6.07) is 50.3. The Morgan fingerprint density at radius 2 is 1.14 bits per heavy atom. The molecule has 4 heterocycles. The molecule has 6 aromatic carbocycles. The second kappa shape index (κ2) is 8.63. The van der Waals surface area contributed by atoms with E-state index in [1.165, 1.54) is 53.3 Å². The van der Waals surface area contributed by atoms with Gasteiger partial charge in [0.1, 0.15) is 5.58 Å². The SMILES string of the molecule is c1ccc(N2c3ccccc3B3c4c2cccc4N(c2ccccc2)c2oc4cc5sc6ccccc6c5cc4c23)cc1. The minimum atomic E-state index is 0.0286. The van der Waals surface area contributed by atoms with Gasteiger partial charge < -0.3 is 9.32 Å². The molecule has 0 radical (unpaired) electrons. The zero-order valence-electron chi connectivity index (χ0n) is 23.1. The summed E-state index contributed by atoms with van der Waals surface area (Å²) in [5, 5.41) is 3.77. The van der Waals surface area contributed by atoms with Crippen molar-refractivity contribution in [1.82, 2.24) is 0 Å². The van der Waals surface area contributed by atoms with Gasteiger partial charge in [-0.15, -0.1) is 11.3 Å². The minimum absolute atomic E-state index is 0.0286. The van der Waals surface area contributed by atoms with Crippen molar-refractivity contribution in [3.63, 3.8) is 0 Å². The van der Waals surface area contributed by atoms with Crippen LogP contribution in [-0.2, 0) is 0 Å². The highest BCUT2D eigenvalue weighted by Gasteiger charge is 2.45. The van der Waals surface area contributed by atoms with E-state index in [1.54, 1.807) is 0 Å². The predicted molar refractivity (Wildman–Crippen MR) is 183 cm³/mol. The third kappa shape index (κ3) is 3.15. The molecule has 43 heavy (non-hydrogen) atoms. The van der Waals surface area contributed by atoms with Crippen molar-refractivity contribution in [1.29, 1.82) is 0 Å². The molecule has 0 bridgehead atoms. The maximum Gasteiger partial charge on any atom is 0.257 e. The minimum Gasteiger partial charge on any atom is -0.440 e. The summed E-state index contributed by atoms with van der Waals surface area (Å²) in [4.78, 5) is 4.75. The Labute approximate surface area is 252 Å². The van der Waals surface area contributed by atoms with E-state index >= 15 is 0 Å². The maximum atomic E-state index is 6.96. The molecule has 3 nitrogen and oxygen atoms in total. The first-order valence-electron chi connectivity index (χ1n) is 14.6. The molecule has 5 heteroatoms. The standard InChI is InChI=1S/C38H23BN2OS/c1-3-12-24(13-4-1)40-30-18-9-8-17-29(30)39-36-28-22-27-26-16-7-10-21-34(26)43-35(27)23-33(28)42-38(36)41(25-14-5-2-6-15-25)32-20-11-19-31(40)37(32)39/h1-23H. The van der Waals surface area contributed by atoms with Gasteiger partial charge in [0.2, 0.25) is 5.88 Å². The largest absolute Gasteiger partial charge is 0.440 e. The van der Waals surface area contributed by atoms with E-state index in [0.29, 0.717) is 0 Å². The Morgan fingerprint density at radius 1 is 0.488 bits per heavy atom. The summed E-state index contributed by atoms with van der Waals surface area (Å²) >= 11 is 1.83. The first-order valence-corrected chi connectivity index (χ1v) is 15.5. The van der Waals surface area contributed by atoms with Crippen molar-refractivity contribution < 1.29 is 4.42 Å². The predicted octanol–water partition coefficient (Wildman–Crippen LogP) is 8.88. The summed E-state index contributed by atoms with van der Waals surface area (Å²) in [5.74, 6) is 0.903. The van der Waals surface area contributed by atoms with E-state index in [9.17, 15) is 0 Å². The number of nitrogens with zero attached hydrogens (tertiary/aromatic N) is 2. The van der Waals surface area contributed by atoms with Crippen molar-refractivity contribution in [2.24, 2.45) is 0 Å². The summed E-state index contributed by atoms with van der Waals surface area (Å²) in [7, 11) is 0. The number of benzene rings is 6. The number of furan rings is 1. The fraction of sp³-hybridized carbons (Fsp3) is 0. The van der Waals surface area contributed by atoms with Crippen LogP contribution in [0.1, 0.15) is 0 Å². The average molecular weight is 566 g/mol. The first kappa shape index (κ1) is 23.3. The van der Waals surface area contributed by atoms with Crippen molar-refractivity contribution in [2.45, 2.75) is 0 Å². The highest BCUT2D eigenvalue weighted by atomic mass is 32.1. The van der Waals surface area contributed by atoms with Crippen LogP contribution >= 0.6 is 11.3 Å². The molecule has 0 unspecified atom stereocenters. The van der Waals surface area contributed by atoms with Crippen LogP contribution in [0, 0.1) is 0 Å². The van der Waals surface area contributed by atoms with Gasteiger partial charge in [0.05, 0.1) is 0 Å². The van der Waals surface area contributed by atoms with Gasteiger partial charge in [-0.05, 0) is 71.6 Å². The van der Waals surface area contributed by atoms with E-state index in [0.717, 1.165) is 28.5 Å². The van der Waals surface area contributed by atoms with Gasteiger partial charge in [-0.3, -0.25) is 4.90 Å². The number of thiophene rings is 1. The van der Waals surface area contributed by atoms with Crippen LogP contribution in [0.25, 0.3) is 31.1 Å². The number of hydrogen-bond acceptors (Lipinski definition) is 4. The molecule has 0 saturated carbocycles. The summed E-state index contributed by atoms with van der Waals surface area (Å²) in [6.07, 6.45) is 0. The van der Waals surface area contributed by atoms with Crippen LogP contribution in [-0.4, -0.2) is 6.71 Å². The molecule has 0 atom stereocenters. The van der Waals surface area contributed by atoms with E-state index in [4.69, 9.17) is 4.42 Å². The van der Waals surface area contributed by atoms with Gasteiger partial charge in [-0.25, -0.2) is 0 Å². The van der Waals surface area contributed by atoms with E-state index < -0.39 is 0 Å². The molecule has 0 saturated heterocycles. The second-order valence-electron chi connectivity index (χ2n) is 11.3. The lowest BCUT2D eigenvalue weighted by atomic mass is 9.33. The lowest BCUT2D eigenvalue weighted by molar-refractivity contribution is 0.623. The van der Waals surface area contributed by atoms with Gasteiger partial charge in [-0.1, -0.05) is 78.9 Å². The molecule has 0 amide bonds. The van der Waals surface area contributed by atoms with Crippen LogP contribution in [0.5, 0.6) is 0 Å². The molecule has 2 aromatic heterocycles. The number of rotatable bonds is 2. The molecule has 2 aliphatic rings. The van der Waals surface area contributed by atoms with Gasteiger partial charge in [0.25, 0.3) is 6.71 Å². The quantitative estimate of drug-likeness (QED) is 0.195. The molecule has 0 spiro atoms. The van der Waals surface area contributed by atoms with Crippen molar-refractivity contribution in [3.05, 3.63) is 140 Å². The normalized spacial score (nSPS) is 13.4. The van der Waals surface area contributed by atoms with Crippen LogP contribution in [0.2, 0.25) is 0 Å². The third-order valence-electron chi connectivity index (χ3n) is 9.05. The van der Waals surface area contributed by atoms with Crippen LogP contribution in [0.15, 0.2) is 144 Å². The maximum absolute atomic E-state index is 6.96. The number of para-hydroxylation sites is 3. The molecular formula is C38H23BN2OS. The van der Waals surface area contributed by atoms with Crippen LogP contribution in [0.4, 0.5) is 34.3 Å². The third-order valence-corrected chi connectivity index (χ3v) is 10.2. The lowest BCUT2D eigenvalue weighted by Gasteiger charge is -2.42. The van der Waals surface area contributed by atoms with E-state index in [2.05, 4.69) is 149 Å². The van der Waals surface area contributed by atoms with Gasteiger partial charge in [-0.2, -0.15) is 0 Å². The molecule has 2 aliphatic heterocycles. The zero-order chi connectivity index (χ0) is 28.1. The van der Waals surface area contributed by atoms with Crippen LogP contribution < -0.4 is 26.2 Å². The van der Waals surface area contributed by atoms with E-state index in [-0.39, 0.29) is 6.71 Å². The lowest BCUT2D eigenvalue weighted by Crippen LogP contribution is -2.61. The Balaban J connectivity index is 1.35. The first-order chi connectivity index (χ1) is 21.3. The molecule has 0 aliphatic carbocycles. The zero-order valence-corrected chi connectivity index (χ0v) is 23.9. The topological polar surface area (TPSA) is 19.6 Å². The highest BCUT2D eigenvalue weighted by molar-refractivity contribution is 7.25. The average Bonchev–Trinajstić information content (AvgIpc) is 3.61. The second-order valence-corrected chi connectivity index (χ2v) is 12.4. The number of hydrogen-bond donors (Lipinski definition) is 0. The fourth-order valence-electron chi connectivity index (χ4n) is 7.31. The molecule has 0 N–H and O–H groups in total. The molecule has 200 valence electrons. The van der Waals surface area contributed by atoms with E-state index in [1.807, 2.05) is 11.3 Å². The Bertz CT molecular complexity index is 2380. The molecule has 8 aromatic rings. The van der Waals surface area contributed by atoms with Crippen molar-refractivity contribution in [3.8, 4) is 0 Å². The highest BCUT2D eigenvalue weighted by Crippen LogP contribution is 2.46. The molecule has 0 fully saturated rings. The summed E-state index contributed by atoms with van der Waals surface area (Å²) < 4.78 is 9.52. The fourth-order valence-corrected chi connectivity index (χ4v) is 8.43. The number of fused-ring (bicyclic) bond motifs is 9. The van der Waals surface area contributed by atoms with Crippen LogP contribution in [0.3, 0.4) is 0 Å². The monoisotopic (exact) mass is 566 g/mol. The number of anilines is 6. The molecular weight excluding hydrogens is 543 g/mol. The van der Waals surface area contributed by atoms with Gasteiger partial charge in [0, 0.05) is 59.5 Å². The van der Waals surface area contributed by atoms with Gasteiger partial charge in [0.15, 0.2) is 0 Å². The molecule has 10 rings (SSSR count). The summed E-state index contributed by atoms with van der Waals surface area (Å²) in [6.45, 7) is 0.0286. The Morgan fingerprint density at radius 3 is 1.95 bits per heavy atom. The van der Waals surface area contributed by atoms with Crippen molar-refractivity contribution in [2.75, 3.05) is 9.80 Å². The summed E-state index contributed by atoms with van der Waals surface area (Å²) in [5.41, 5.74) is 10.6. The Hall–Kier alpha value is -5.26. The van der Waals surface area contributed by atoms with Crippen molar-refractivity contribution >= 4 is 99.9 Å². The smallest absolute Gasteiger partial charge is 0.257 e. The van der Waals surface area contributed by atoms with Gasteiger partial charge >= 0.3 is 0 Å².